The van der Waals surface area contributed by atoms with Gasteiger partial charge in [-0.3, -0.25) is 4.98 Å². The summed E-state index contributed by atoms with van der Waals surface area (Å²) >= 11 is 11.9. The Hall–Kier alpha value is -1.39. The first kappa shape index (κ1) is 10.7. The van der Waals surface area contributed by atoms with Gasteiger partial charge in [0.1, 0.15) is 5.02 Å². The number of fused-ring (bicyclic) bond motifs is 1. The molecular formula is C11H8Cl2N4. The summed E-state index contributed by atoms with van der Waals surface area (Å²) in [4.78, 5) is 14.4. The molecule has 0 amide bonds. The Morgan fingerprint density at radius 2 is 2.12 bits per heavy atom. The average Bonchev–Trinajstić information content (AvgIpc) is 2.76. The standard InChI is InChI=1S/C11H8Cl2N4/c12-7-6-15-11(13)16-10(7)17-5-3-8-9(17)2-1-4-14-8/h1-2,4,6H,3,5H2. The van der Waals surface area contributed by atoms with Crippen molar-refractivity contribution >= 4 is 34.7 Å². The molecule has 0 spiro atoms. The molecule has 3 rings (SSSR count). The van der Waals surface area contributed by atoms with Crippen LogP contribution in [0.25, 0.3) is 0 Å². The van der Waals surface area contributed by atoms with E-state index in [1.165, 1.54) is 6.20 Å². The lowest BCUT2D eigenvalue weighted by molar-refractivity contribution is 0.952. The van der Waals surface area contributed by atoms with Gasteiger partial charge in [0.05, 0.1) is 17.6 Å². The predicted molar refractivity (Wildman–Crippen MR) is 67.0 cm³/mol. The summed E-state index contributed by atoms with van der Waals surface area (Å²) in [6.07, 6.45) is 4.19. The lowest BCUT2D eigenvalue weighted by Gasteiger charge is -2.18. The molecule has 0 atom stereocenters. The minimum Gasteiger partial charge on any atom is -0.323 e. The first-order chi connectivity index (χ1) is 8.25. The van der Waals surface area contributed by atoms with Crippen LogP contribution < -0.4 is 4.90 Å². The summed E-state index contributed by atoms with van der Waals surface area (Å²) in [7, 11) is 0. The highest BCUT2D eigenvalue weighted by molar-refractivity contribution is 6.33. The highest BCUT2D eigenvalue weighted by atomic mass is 35.5. The topological polar surface area (TPSA) is 41.9 Å². The lowest BCUT2D eigenvalue weighted by Crippen LogP contribution is -2.15. The van der Waals surface area contributed by atoms with Crippen LogP contribution >= 0.6 is 23.2 Å². The Morgan fingerprint density at radius 1 is 1.24 bits per heavy atom. The lowest BCUT2D eigenvalue weighted by atomic mass is 10.3. The van der Waals surface area contributed by atoms with Crippen LogP contribution in [-0.2, 0) is 6.42 Å². The van der Waals surface area contributed by atoms with E-state index in [4.69, 9.17) is 23.2 Å². The van der Waals surface area contributed by atoms with Crippen molar-refractivity contribution in [3.05, 3.63) is 40.5 Å². The normalized spacial score (nSPS) is 13.9. The number of hydrogen-bond donors (Lipinski definition) is 0. The molecule has 0 saturated heterocycles. The van der Waals surface area contributed by atoms with Gasteiger partial charge in [-0.25, -0.2) is 4.98 Å². The van der Waals surface area contributed by atoms with Gasteiger partial charge in [0.25, 0.3) is 0 Å². The number of aromatic nitrogens is 3. The van der Waals surface area contributed by atoms with Crippen LogP contribution in [0.2, 0.25) is 10.3 Å². The average molecular weight is 267 g/mol. The Kier molecular flexibility index (Phi) is 2.61. The molecule has 0 bridgehead atoms. The van der Waals surface area contributed by atoms with Crippen LogP contribution in [-0.4, -0.2) is 21.5 Å². The number of rotatable bonds is 1. The summed E-state index contributed by atoms with van der Waals surface area (Å²) in [6.45, 7) is 0.805. The van der Waals surface area contributed by atoms with Crippen LogP contribution in [0.1, 0.15) is 5.69 Å². The number of halogens is 2. The van der Waals surface area contributed by atoms with Crippen LogP contribution in [0, 0.1) is 0 Å². The van der Waals surface area contributed by atoms with Gasteiger partial charge >= 0.3 is 0 Å². The maximum Gasteiger partial charge on any atom is 0.224 e. The van der Waals surface area contributed by atoms with Crippen molar-refractivity contribution in [3.63, 3.8) is 0 Å². The third-order valence-electron chi connectivity index (χ3n) is 2.68. The van der Waals surface area contributed by atoms with E-state index in [1.807, 2.05) is 17.0 Å². The van der Waals surface area contributed by atoms with Gasteiger partial charge in [0, 0.05) is 19.2 Å². The van der Waals surface area contributed by atoms with E-state index in [-0.39, 0.29) is 5.28 Å². The van der Waals surface area contributed by atoms with Gasteiger partial charge in [-0.2, -0.15) is 4.98 Å². The maximum absolute atomic E-state index is 6.10. The molecule has 86 valence electrons. The van der Waals surface area contributed by atoms with Crippen LogP contribution in [0.4, 0.5) is 11.5 Å². The number of hydrogen-bond acceptors (Lipinski definition) is 4. The van der Waals surface area contributed by atoms with E-state index < -0.39 is 0 Å². The van der Waals surface area contributed by atoms with E-state index in [0.717, 1.165) is 24.3 Å². The fourth-order valence-corrected chi connectivity index (χ4v) is 2.27. The Balaban J connectivity index is 2.10. The minimum atomic E-state index is 0.196. The van der Waals surface area contributed by atoms with Gasteiger partial charge in [0.15, 0.2) is 5.82 Å². The summed E-state index contributed by atoms with van der Waals surface area (Å²) in [5.74, 6) is 0.637. The molecule has 0 fully saturated rings. The minimum absolute atomic E-state index is 0.196. The molecule has 0 saturated carbocycles. The molecular weight excluding hydrogens is 259 g/mol. The molecule has 17 heavy (non-hydrogen) atoms. The van der Waals surface area contributed by atoms with E-state index in [2.05, 4.69) is 15.0 Å². The molecule has 0 aromatic carbocycles. The molecule has 4 nitrogen and oxygen atoms in total. The number of nitrogens with zero attached hydrogens (tertiary/aromatic N) is 4. The zero-order chi connectivity index (χ0) is 11.8. The maximum atomic E-state index is 6.10. The van der Waals surface area contributed by atoms with Crippen molar-refractivity contribution in [1.29, 1.82) is 0 Å². The number of anilines is 2. The second kappa shape index (κ2) is 4.13. The van der Waals surface area contributed by atoms with Gasteiger partial charge in [0.2, 0.25) is 5.28 Å². The molecule has 1 aliphatic heterocycles. The molecule has 2 aromatic rings. The van der Waals surface area contributed by atoms with Crippen molar-refractivity contribution in [3.8, 4) is 0 Å². The summed E-state index contributed by atoms with van der Waals surface area (Å²) in [6, 6.07) is 3.90. The number of pyridine rings is 1. The quantitative estimate of drug-likeness (QED) is 0.745. The molecule has 0 N–H and O–H groups in total. The zero-order valence-corrected chi connectivity index (χ0v) is 10.3. The van der Waals surface area contributed by atoms with E-state index in [9.17, 15) is 0 Å². The first-order valence-electron chi connectivity index (χ1n) is 5.15. The van der Waals surface area contributed by atoms with Crippen LogP contribution in [0.3, 0.4) is 0 Å². The van der Waals surface area contributed by atoms with E-state index in [1.54, 1.807) is 6.20 Å². The summed E-state index contributed by atoms with van der Waals surface area (Å²) < 4.78 is 0. The fourth-order valence-electron chi connectivity index (χ4n) is 1.95. The molecule has 3 heterocycles. The van der Waals surface area contributed by atoms with Crippen molar-refractivity contribution in [2.24, 2.45) is 0 Å². The largest absolute Gasteiger partial charge is 0.323 e. The molecule has 1 aliphatic rings. The first-order valence-corrected chi connectivity index (χ1v) is 5.91. The van der Waals surface area contributed by atoms with Crippen molar-refractivity contribution < 1.29 is 0 Å². The van der Waals surface area contributed by atoms with Gasteiger partial charge in [-0.15, -0.1) is 0 Å². The van der Waals surface area contributed by atoms with Crippen molar-refractivity contribution in [2.45, 2.75) is 6.42 Å². The Labute approximate surface area is 108 Å². The zero-order valence-electron chi connectivity index (χ0n) is 8.77. The summed E-state index contributed by atoms with van der Waals surface area (Å²) in [5.41, 5.74) is 2.09. The van der Waals surface area contributed by atoms with Gasteiger partial charge < -0.3 is 4.90 Å². The highest BCUT2D eigenvalue weighted by Crippen LogP contribution is 2.35. The molecule has 0 radical (unpaired) electrons. The van der Waals surface area contributed by atoms with Crippen molar-refractivity contribution in [2.75, 3.05) is 11.4 Å². The summed E-state index contributed by atoms with van der Waals surface area (Å²) in [5, 5.41) is 0.688. The van der Waals surface area contributed by atoms with E-state index in [0.29, 0.717) is 10.8 Å². The SMILES string of the molecule is Clc1ncc(Cl)c(N2CCc3ncccc32)n1. The van der Waals surface area contributed by atoms with Gasteiger partial charge in [-0.1, -0.05) is 11.6 Å². The third kappa shape index (κ3) is 1.83. The third-order valence-corrected chi connectivity index (χ3v) is 3.13. The van der Waals surface area contributed by atoms with E-state index >= 15 is 0 Å². The highest BCUT2D eigenvalue weighted by Gasteiger charge is 2.24. The monoisotopic (exact) mass is 266 g/mol. The second-order valence-corrected chi connectivity index (χ2v) is 4.43. The molecule has 2 aromatic heterocycles. The molecule has 0 unspecified atom stereocenters. The Morgan fingerprint density at radius 3 is 3.00 bits per heavy atom. The smallest absolute Gasteiger partial charge is 0.224 e. The Bertz CT molecular complexity index is 573. The van der Waals surface area contributed by atoms with Crippen LogP contribution in [0.5, 0.6) is 0 Å². The predicted octanol–water partition coefficient (Wildman–Crippen LogP) is 2.87. The second-order valence-electron chi connectivity index (χ2n) is 3.68. The van der Waals surface area contributed by atoms with Crippen molar-refractivity contribution in [1.82, 2.24) is 15.0 Å². The van der Waals surface area contributed by atoms with Crippen LogP contribution in [0.15, 0.2) is 24.5 Å². The molecule has 6 heteroatoms. The van der Waals surface area contributed by atoms with Gasteiger partial charge in [-0.05, 0) is 23.7 Å². The fraction of sp³-hybridized carbons (Fsp3) is 0.182. The molecule has 0 aliphatic carbocycles.